The monoisotopic (exact) mass is 292 g/mol. The second kappa shape index (κ2) is 6.05. The number of benzene rings is 2. The van der Waals surface area contributed by atoms with Crippen LogP contribution in [-0.4, -0.2) is 17.2 Å². The van der Waals surface area contributed by atoms with Gasteiger partial charge in [-0.3, -0.25) is 0 Å². The first-order chi connectivity index (χ1) is 10.6. The lowest BCUT2D eigenvalue weighted by molar-refractivity contribution is -0.158. The molecule has 3 heteroatoms. The Bertz CT molecular complexity index is 765. The minimum atomic E-state index is -1.14. The van der Waals surface area contributed by atoms with E-state index in [1.54, 1.807) is 0 Å². The molecule has 0 fully saturated rings. The maximum Gasteiger partial charge on any atom is 0.335 e. The molecule has 110 valence electrons. The number of fused-ring (bicyclic) bond motifs is 2. The highest BCUT2D eigenvalue weighted by atomic mass is 16.6. The van der Waals surface area contributed by atoms with Crippen LogP contribution in [0.3, 0.4) is 0 Å². The van der Waals surface area contributed by atoms with Gasteiger partial charge in [0.1, 0.15) is 12.2 Å². The Hall–Kier alpha value is -2.57. The number of carbonyl (C=O) groups is 1. The van der Waals surface area contributed by atoms with Crippen molar-refractivity contribution in [1.82, 2.24) is 0 Å². The number of ether oxygens (including phenoxy) is 1. The van der Waals surface area contributed by atoms with Gasteiger partial charge in [0.05, 0.1) is 0 Å². The van der Waals surface area contributed by atoms with Gasteiger partial charge >= 0.3 is 5.97 Å². The number of rotatable bonds is 2. The molecule has 0 spiro atoms. The number of aliphatic hydroxyl groups is 1. The van der Waals surface area contributed by atoms with Crippen molar-refractivity contribution in [3.05, 3.63) is 70.8 Å². The van der Waals surface area contributed by atoms with Gasteiger partial charge in [0.2, 0.25) is 0 Å². The van der Waals surface area contributed by atoms with E-state index in [9.17, 15) is 9.90 Å². The highest BCUT2D eigenvalue weighted by Gasteiger charge is 2.23. The van der Waals surface area contributed by atoms with Gasteiger partial charge in [-0.25, -0.2) is 4.79 Å². The van der Waals surface area contributed by atoms with Crippen LogP contribution in [0, 0.1) is 11.8 Å². The molecule has 0 bridgehead atoms. The lowest BCUT2D eigenvalue weighted by Gasteiger charge is -2.22. The molecule has 1 unspecified atom stereocenters. The second-order valence-corrected chi connectivity index (χ2v) is 5.30. The summed E-state index contributed by atoms with van der Waals surface area (Å²) < 4.78 is 5.51. The maximum absolute atomic E-state index is 11.8. The lowest BCUT2D eigenvalue weighted by Crippen LogP contribution is -2.24. The van der Waals surface area contributed by atoms with Crippen LogP contribution in [0.4, 0.5) is 0 Å². The van der Waals surface area contributed by atoms with Crippen LogP contribution in [0.2, 0.25) is 0 Å². The summed E-state index contributed by atoms with van der Waals surface area (Å²) in [6.45, 7) is 1.41. The standard InChI is InChI=1S/C19H16O3/c1-13(20)19(21)22-18-12-16-8-3-2-6-14(16)10-11-15-7-4-5-9-17(15)18/h2-9,13,18,20H,12H2,1H3/t13-,18?/m0/s1. The number of hydrogen-bond acceptors (Lipinski definition) is 3. The number of aliphatic hydroxyl groups excluding tert-OH is 1. The minimum Gasteiger partial charge on any atom is -0.455 e. The Morgan fingerprint density at radius 1 is 1.14 bits per heavy atom. The fraction of sp³-hybridized carbons (Fsp3) is 0.211. The molecule has 1 N–H and O–H groups in total. The molecular formula is C19H16O3. The van der Waals surface area contributed by atoms with Crippen LogP contribution in [0.5, 0.6) is 0 Å². The Morgan fingerprint density at radius 3 is 2.55 bits per heavy atom. The summed E-state index contributed by atoms with van der Waals surface area (Å²) in [6, 6.07) is 15.5. The summed E-state index contributed by atoms with van der Waals surface area (Å²) in [6.07, 6.45) is -1.05. The molecule has 22 heavy (non-hydrogen) atoms. The van der Waals surface area contributed by atoms with Crippen molar-refractivity contribution in [1.29, 1.82) is 0 Å². The van der Waals surface area contributed by atoms with Crippen molar-refractivity contribution in [3.8, 4) is 11.8 Å². The molecule has 0 saturated heterocycles. The molecule has 3 nitrogen and oxygen atoms in total. The summed E-state index contributed by atoms with van der Waals surface area (Å²) in [5, 5.41) is 9.42. The predicted octanol–water partition coefficient (Wildman–Crippen LogP) is 2.61. The van der Waals surface area contributed by atoms with Gasteiger partial charge in [0, 0.05) is 23.1 Å². The van der Waals surface area contributed by atoms with Crippen molar-refractivity contribution in [2.24, 2.45) is 0 Å². The first-order valence-electron chi connectivity index (χ1n) is 7.22. The average molecular weight is 292 g/mol. The lowest BCUT2D eigenvalue weighted by atomic mass is 9.92. The first kappa shape index (κ1) is 14.4. The van der Waals surface area contributed by atoms with Crippen molar-refractivity contribution in [3.63, 3.8) is 0 Å². The van der Waals surface area contributed by atoms with E-state index in [-0.39, 0.29) is 0 Å². The molecule has 1 aliphatic carbocycles. The summed E-state index contributed by atoms with van der Waals surface area (Å²) in [4.78, 5) is 11.8. The molecule has 2 aromatic carbocycles. The SMILES string of the molecule is C[C@H](O)C(=O)OC1Cc2ccccc2C#Cc2ccccc21. The van der Waals surface area contributed by atoms with E-state index >= 15 is 0 Å². The molecule has 0 saturated carbocycles. The fourth-order valence-corrected chi connectivity index (χ4v) is 2.50. The van der Waals surface area contributed by atoms with Gasteiger partial charge in [0.15, 0.2) is 0 Å². The van der Waals surface area contributed by atoms with Crippen molar-refractivity contribution < 1.29 is 14.6 Å². The minimum absolute atomic E-state index is 0.450. The molecule has 0 aromatic heterocycles. The molecule has 0 heterocycles. The highest BCUT2D eigenvalue weighted by Crippen LogP contribution is 2.28. The maximum atomic E-state index is 11.8. The smallest absolute Gasteiger partial charge is 0.335 e. The van der Waals surface area contributed by atoms with Crippen LogP contribution in [0.1, 0.15) is 35.3 Å². The third-order valence-corrected chi connectivity index (χ3v) is 3.66. The molecule has 0 amide bonds. The van der Waals surface area contributed by atoms with Crippen molar-refractivity contribution in [2.45, 2.75) is 25.6 Å². The summed E-state index contributed by atoms with van der Waals surface area (Å²) in [5.41, 5.74) is 3.70. The molecule has 3 rings (SSSR count). The molecule has 0 radical (unpaired) electrons. The third-order valence-electron chi connectivity index (χ3n) is 3.66. The predicted molar refractivity (Wildman–Crippen MR) is 83.1 cm³/mol. The van der Waals surface area contributed by atoms with Gasteiger partial charge in [-0.05, 0) is 24.6 Å². The fourth-order valence-electron chi connectivity index (χ4n) is 2.50. The summed E-state index contributed by atoms with van der Waals surface area (Å²) >= 11 is 0. The molecule has 0 aliphatic heterocycles. The van der Waals surface area contributed by atoms with Crippen molar-refractivity contribution >= 4 is 5.97 Å². The zero-order valence-corrected chi connectivity index (χ0v) is 12.2. The van der Waals surface area contributed by atoms with Gasteiger partial charge in [-0.15, -0.1) is 0 Å². The zero-order chi connectivity index (χ0) is 15.5. The Kier molecular flexibility index (Phi) is 3.95. The highest BCUT2D eigenvalue weighted by molar-refractivity contribution is 5.74. The van der Waals surface area contributed by atoms with Gasteiger partial charge < -0.3 is 9.84 Å². The number of carbonyl (C=O) groups excluding carboxylic acids is 1. The Morgan fingerprint density at radius 2 is 1.77 bits per heavy atom. The molecule has 2 atom stereocenters. The zero-order valence-electron chi connectivity index (χ0n) is 12.2. The normalized spacial score (nSPS) is 16.9. The summed E-state index contributed by atoms with van der Waals surface area (Å²) in [5.74, 6) is 5.71. The third kappa shape index (κ3) is 2.88. The second-order valence-electron chi connectivity index (χ2n) is 5.30. The molecule has 1 aliphatic rings. The molecule has 2 aromatic rings. The van der Waals surface area contributed by atoms with E-state index in [0.29, 0.717) is 6.42 Å². The van der Waals surface area contributed by atoms with E-state index in [2.05, 4.69) is 11.8 Å². The Balaban J connectivity index is 2.07. The summed E-state index contributed by atoms with van der Waals surface area (Å²) in [7, 11) is 0. The van der Waals surface area contributed by atoms with Gasteiger partial charge in [0.25, 0.3) is 0 Å². The van der Waals surface area contributed by atoms with E-state index in [4.69, 9.17) is 4.74 Å². The topological polar surface area (TPSA) is 46.5 Å². The largest absolute Gasteiger partial charge is 0.455 e. The van der Waals surface area contributed by atoms with Crippen LogP contribution in [0.25, 0.3) is 0 Å². The average Bonchev–Trinajstić information content (AvgIpc) is 2.51. The number of esters is 1. The van der Waals surface area contributed by atoms with Gasteiger partial charge in [-0.2, -0.15) is 0 Å². The van der Waals surface area contributed by atoms with E-state index in [1.165, 1.54) is 6.92 Å². The van der Waals surface area contributed by atoms with E-state index < -0.39 is 18.2 Å². The van der Waals surface area contributed by atoms with E-state index in [1.807, 2.05) is 48.5 Å². The van der Waals surface area contributed by atoms with Crippen molar-refractivity contribution in [2.75, 3.05) is 0 Å². The van der Waals surface area contributed by atoms with Crippen LogP contribution in [0.15, 0.2) is 48.5 Å². The quantitative estimate of drug-likeness (QED) is 0.683. The number of hydrogen-bond donors (Lipinski definition) is 1. The van der Waals surface area contributed by atoms with Crippen LogP contribution in [-0.2, 0) is 16.0 Å². The Labute approximate surface area is 129 Å². The van der Waals surface area contributed by atoms with Gasteiger partial charge in [-0.1, -0.05) is 48.2 Å². The van der Waals surface area contributed by atoms with E-state index in [0.717, 1.165) is 22.3 Å². The van der Waals surface area contributed by atoms with Crippen LogP contribution < -0.4 is 0 Å². The molecular weight excluding hydrogens is 276 g/mol. The first-order valence-corrected chi connectivity index (χ1v) is 7.22. The van der Waals surface area contributed by atoms with Crippen LogP contribution >= 0.6 is 0 Å².